The average Bonchev–Trinajstić information content (AvgIpc) is 2.36. The largest absolute Gasteiger partial charge is 0.481 e. The van der Waals surface area contributed by atoms with Crippen molar-refractivity contribution in [1.29, 1.82) is 0 Å². The SMILES string of the molecule is CCCCCCCC(C)N1CCS(=O)(=O)CC1CC(=O)O. The molecule has 1 rings (SSSR count). The van der Waals surface area contributed by atoms with Crippen LogP contribution in [-0.4, -0.2) is 54.5 Å². The first-order valence-electron chi connectivity index (χ1n) is 8.03. The van der Waals surface area contributed by atoms with E-state index in [1.807, 2.05) is 0 Å². The number of sulfone groups is 1. The van der Waals surface area contributed by atoms with E-state index in [1.54, 1.807) is 0 Å². The van der Waals surface area contributed by atoms with Gasteiger partial charge in [0.2, 0.25) is 0 Å². The van der Waals surface area contributed by atoms with Crippen LogP contribution in [0.3, 0.4) is 0 Å². The van der Waals surface area contributed by atoms with E-state index in [1.165, 1.54) is 25.7 Å². The van der Waals surface area contributed by atoms with Gasteiger partial charge >= 0.3 is 5.97 Å². The van der Waals surface area contributed by atoms with Gasteiger partial charge in [0.1, 0.15) is 0 Å². The molecular weight excluding hydrogens is 290 g/mol. The summed E-state index contributed by atoms with van der Waals surface area (Å²) in [5.41, 5.74) is 0. The maximum absolute atomic E-state index is 11.7. The second-order valence-electron chi connectivity index (χ2n) is 6.16. The van der Waals surface area contributed by atoms with E-state index >= 15 is 0 Å². The van der Waals surface area contributed by atoms with E-state index in [0.29, 0.717) is 6.54 Å². The summed E-state index contributed by atoms with van der Waals surface area (Å²) in [6, 6.07) is -0.113. The lowest BCUT2D eigenvalue weighted by molar-refractivity contribution is -0.138. The molecule has 0 aromatic heterocycles. The second kappa shape index (κ2) is 8.73. The van der Waals surface area contributed by atoms with Crippen molar-refractivity contribution in [2.75, 3.05) is 18.1 Å². The number of carboxylic acid groups (broad SMARTS) is 1. The highest BCUT2D eigenvalue weighted by Gasteiger charge is 2.34. The Kier molecular flexibility index (Phi) is 7.66. The molecule has 0 saturated carbocycles. The quantitative estimate of drug-likeness (QED) is 0.660. The summed E-state index contributed by atoms with van der Waals surface area (Å²) < 4.78 is 23.4. The number of nitrogens with zero attached hydrogens (tertiary/aromatic N) is 1. The third-order valence-corrected chi connectivity index (χ3v) is 5.97. The Morgan fingerprint density at radius 1 is 1.29 bits per heavy atom. The predicted molar refractivity (Wildman–Crippen MR) is 84.2 cm³/mol. The highest BCUT2D eigenvalue weighted by Crippen LogP contribution is 2.21. The molecule has 124 valence electrons. The maximum Gasteiger partial charge on any atom is 0.304 e. The molecule has 0 aliphatic carbocycles. The lowest BCUT2D eigenvalue weighted by Gasteiger charge is -2.39. The van der Waals surface area contributed by atoms with Crippen LogP contribution in [-0.2, 0) is 14.6 Å². The Morgan fingerprint density at radius 2 is 1.95 bits per heavy atom. The van der Waals surface area contributed by atoms with Crippen LogP contribution in [0.1, 0.15) is 58.8 Å². The van der Waals surface area contributed by atoms with Crippen LogP contribution in [0.25, 0.3) is 0 Å². The summed E-state index contributed by atoms with van der Waals surface area (Å²) >= 11 is 0. The van der Waals surface area contributed by atoms with Gasteiger partial charge in [-0.1, -0.05) is 39.0 Å². The van der Waals surface area contributed by atoms with Crippen molar-refractivity contribution < 1.29 is 18.3 Å². The minimum Gasteiger partial charge on any atom is -0.481 e. The van der Waals surface area contributed by atoms with Crippen LogP contribution < -0.4 is 0 Å². The van der Waals surface area contributed by atoms with Gasteiger partial charge in [0.15, 0.2) is 9.84 Å². The van der Waals surface area contributed by atoms with Crippen molar-refractivity contribution in [1.82, 2.24) is 4.90 Å². The fraction of sp³-hybridized carbons (Fsp3) is 0.933. The maximum atomic E-state index is 11.7. The Hall–Kier alpha value is -0.620. The van der Waals surface area contributed by atoms with Gasteiger partial charge in [-0.25, -0.2) is 8.42 Å². The zero-order chi connectivity index (χ0) is 15.9. The minimum absolute atomic E-state index is 0.0144. The molecule has 1 aliphatic heterocycles. The first-order valence-corrected chi connectivity index (χ1v) is 9.86. The molecule has 0 radical (unpaired) electrons. The Balaban J connectivity index is 2.50. The molecule has 0 aromatic carbocycles. The standard InChI is InChI=1S/C15H29NO4S/c1-3-4-5-6-7-8-13(2)16-9-10-21(19,20)12-14(16)11-15(17)18/h13-14H,3-12H2,1-2H3,(H,17,18). The van der Waals surface area contributed by atoms with E-state index in [-0.39, 0.29) is 30.0 Å². The fourth-order valence-electron chi connectivity index (χ4n) is 3.07. The predicted octanol–water partition coefficient (Wildman–Crippen LogP) is 2.31. The van der Waals surface area contributed by atoms with Crippen molar-refractivity contribution in [2.45, 2.75) is 70.9 Å². The highest BCUT2D eigenvalue weighted by molar-refractivity contribution is 7.91. The van der Waals surface area contributed by atoms with E-state index in [2.05, 4.69) is 18.7 Å². The molecule has 6 heteroatoms. The Labute approximate surface area is 128 Å². The number of carboxylic acids is 1. The highest BCUT2D eigenvalue weighted by atomic mass is 32.2. The van der Waals surface area contributed by atoms with Crippen molar-refractivity contribution in [3.8, 4) is 0 Å². The van der Waals surface area contributed by atoms with Gasteiger partial charge in [0, 0.05) is 18.6 Å². The normalized spacial score (nSPS) is 23.8. The number of unbranched alkanes of at least 4 members (excludes halogenated alkanes) is 4. The molecule has 1 heterocycles. The average molecular weight is 319 g/mol. The molecule has 1 saturated heterocycles. The molecule has 1 aliphatic rings. The molecule has 0 aromatic rings. The molecule has 0 amide bonds. The Bertz CT molecular complexity index is 421. The molecule has 5 nitrogen and oxygen atoms in total. The van der Waals surface area contributed by atoms with Gasteiger partial charge in [-0.3, -0.25) is 9.69 Å². The lowest BCUT2D eigenvalue weighted by atomic mass is 10.0. The molecule has 2 atom stereocenters. The first-order chi connectivity index (χ1) is 9.85. The van der Waals surface area contributed by atoms with E-state index in [4.69, 9.17) is 5.11 Å². The zero-order valence-corrected chi connectivity index (χ0v) is 14.1. The molecule has 1 N–H and O–H groups in total. The molecule has 0 spiro atoms. The molecule has 1 fully saturated rings. The van der Waals surface area contributed by atoms with Crippen LogP contribution in [0.4, 0.5) is 0 Å². The van der Waals surface area contributed by atoms with E-state index in [0.717, 1.165) is 12.8 Å². The van der Waals surface area contributed by atoms with Crippen molar-refractivity contribution in [3.05, 3.63) is 0 Å². The number of hydrogen-bond donors (Lipinski definition) is 1. The topological polar surface area (TPSA) is 74.7 Å². The third kappa shape index (κ3) is 6.78. The summed E-state index contributed by atoms with van der Waals surface area (Å²) in [4.78, 5) is 13.0. The smallest absolute Gasteiger partial charge is 0.304 e. The summed E-state index contributed by atoms with van der Waals surface area (Å²) in [6.07, 6.45) is 6.99. The lowest BCUT2D eigenvalue weighted by Crippen LogP contribution is -2.52. The summed E-state index contributed by atoms with van der Waals surface area (Å²) in [5, 5.41) is 8.99. The van der Waals surface area contributed by atoms with E-state index in [9.17, 15) is 13.2 Å². The number of carbonyl (C=O) groups is 1. The molecule has 2 unspecified atom stereocenters. The fourth-order valence-corrected chi connectivity index (χ4v) is 4.62. The minimum atomic E-state index is -3.08. The van der Waals surface area contributed by atoms with Crippen LogP contribution >= 0.6 is 0 Å². The van der Waals surface area contributed by atoms with Gasteiger partial charge in [-0.15, -0.1) is 0 Å². The van der Waals surface area contributed by atoms with Crippen LogP contribution in [0.15, 0.2) is 0 Å². The zero-order valence-electron chi connectivity index (χ0n) is 13.3. The second-order valence-corrected chi connectivity index (χ2v) is 8.38. The van der Waals surface area contributed by atoms with Gasteiger partial charge in [-0.05, 0) is 13.3 Å². The van der Waals surface area contributed by atoms with Gasteiger partial charge < -0.3 is 5.11 Å². The molecule has 21 heavy (non-hydrogen) atoms. The van der Waals surface area contributed by atoms with Crippen molar-refractivity contribution in [3.63, 3.8) is 0 Å². The van der Waals surface area contributed by atoms with Crippen LogP contribution in [0.2, 0.25) is 0 Å². The van der Waals surface area contributed by atoms with Crippen molar-refractivity contribution >= 4 is 15.8 Å². The number of rotatable bonds is 9. The van der Waals surface area contributed by atoms with Crippen LogP contribution in [0, 0.1) is 0 Å². The Morgan fingerprint density at radius 3 is 2.57 bits per heavy atom. The summed E-state index contributed by atoms with van der Waals surface area (Å²) in [7, 11) is -3.08. The van der Waals surface area contributed by atoms with Crippen LogP contribution in [0.5, 0.6) is 0 Å². The molecular formula is C15H29NO4S. The summed E-state index contributed by atoms with van der Waals surface area (Å²) in [5.74, 6) is -0.778. The summed E-state index contributed by atoms with van der Waals surface area (Å²) in [6.45, 7) is 4.75. The third-order valence-electron chi connectivity index (χ3n) is 4.28. The number of hydrogen-bond acceptors (Lipinski definition) is 4. The van der Waals surface area contributed by atoms with Gasteiger partial charge in [-0.2, -0.15) is 0 Å². The van der Waals surface area contributed by atoms with Crippen molar-refractivity contribution in [2.24, 2.45) is 0 Å². The number of aliphatic carboxylic acids is 1. The van der Waals surface area contributed by atoms with Gasteiger partial charge in [0.05, 0.1) is 17.9 Å². The first kappa shape index (κ1) is 18.4. The molecule has 0 bridgehead atoms. The van der Waals surface area contributed by atoms with E-state index < -0.39 is 15.8 Å². The monoisotopic (exact) mass is 319 g/mol. The van der Waals surface area contributed by atoms with Gasteiger partial charge in [0.25, 0.3) is 0 Å².